The van der Waals surface area contributed by atoms with Crippen LogP contribution in [0.3, 0.4) is 0 Å². The Bertz CT molecular complexity index is 798. The van der Waals surface area contributed by atoms with Gasteiger partial charge in [0, 0.05) is 13.2 Å². The molecule has 0 amide bonds. The normalized spacial score (nSPS) is 23.7. The number of para-hydroxylation sites is 1. The summed E-state index contributed by atoms with van der Waals surface area (Å²) in [4.78, 5) is 0.111. The maximum atomic E-state index is 6.53. The average Bonchev–Trinajstić information content (AvgIpc) is 3.29. The monoisotopic (exact) mass is 467 g/mol. The van der Waals surface area contributed by atoms with E-state index in [2.05, 4.69) is 83.6 Å². The Kier molecular flexibility index (Phi) is 6.54. The molecule has 0 radical (unpaired) electrons. The first-order valence-electron chi connectivity index (χ1n) is 9.50. The number of rotatable bonds is 2. The first-order valence-corrected chi connectivity index (χ1v) is 17.2. The van der Waals surface area contributed by atoms with E-state index in [0.717, 1.165) is 25.4 Å². The topological polar surface area (TPSA) is 18.5 Å². The fourth-order valence-corrected chi connectivity index (χ4v) is 9.54. The van der Waals surface area contributed by atoms with E-state index in [-0.39, 0.29) is 29.8 Å². The van der Waals surface area contributed by atoms with Gasteiger partial charge in [0.2, 0.25) is 0 Å². The van der Waals surface area contributed by atoms with E-state index in [0.29, 0.717) is 0 Å². The van der Waals surface area contributed by atoms with Crippen molar-refractivity contribution in [2.24, 2.45) is 0 Å². The van der Waals surface area contributed by atoms with Crippen LogP contribution in [0.15, 0.2) is 53.0 Å². The van der Waals surface area contributed by atoms with Crippen LogP contribution in [0.25, 0.3) is 6.08 Å². The molecule has 0 aromatic heterocycles. The van der Waals surface area contributed by atoms with Crippen molar-refractivity contribution in [1.29, 1.82) is 0 Å². The standard InChI is InChI=1S/C9H7O.C5H5.C4H8O.5CH3.2ClH.Cr/c1-2-6-9-8(4-1)5-3-7-10-9;2*1-2-4-5-3-1;;;;;;;;/h1-7H;1-3H,4H2;1-4H2;5*1H3;2*1H;. The second kappa shape index (κ2) is 7.22. The van der Waals surface area contributed by atoms with Gasteiger partial charge in [-0.05, 0) is 12.8 Å². The molecule has 1 aliphatic carbocycles. The predicted octanol–water partition coefficient (Wildman–Crippen LogP) is 7.90. The summed E-state index contributed by atoms with van der Waals surface area (Å²) in [5, 5.41) is 0. The van der Waals surface area contributed by atoms with Crippen LogP contribution in [0, 0.1) is 0 Å². The van der Waals surface area contributed by atoms with Crippen molar-refractivity contribution in [2.45, 2.75) is 53.2 Å². The third-order valence-corrected chi connectivity index (χ3v) is 15.3. The number of allylic oxidation sites excluding steroid dienone is 4. The van der Waals surface area contributed by atoms with Crippen molar-refractivity contribution in [3.8, 4) is 5.75 Å². The zero-order valence-corrected chi connectivity index (χ0v) is 20.8. The predicted molar refractivity (Wildman–Crippen MR) is 126 cm³/mol. The summed E-state index contributed by atoms with van der Waals surface area (Å²) in [6.07, 6.45) is 14.9. The van der Waals surface area contributed by atoms with Gasteiger partial charge in [0.25, 0.3) is 0 Å². The van der Waals surface area contributed by atoms with Gasteiger partial charge in [0.05, 0.1) is 0 Å². The van der Waals surface area contributed by atoms with Crippen molar-refractivity contribution in [1.82, 2.24) is 0 Å². The van der Waals surface area contributed by atoms with Crippen LogP contribution < -0.4 is 4.74 Å². The summed E-state index contributed by atoms with van der Waals surface area (Å²) in [6.45, 7) is 2.00. The first-order chi connectivity index (χ1) is 11.9. The molecule has 1 aromatic carbocycles. The molecule has 0 spiro atoms. The van der Waals surface area contributed by atoms with Gasteiger partial charge >= 0.3 is 125 Å². The zero-order chi connectivity index (χ0) is 19.0. The molecule has 2 aliphatic heterocycles. The fourth-order valence-electron chi connectivity index (χ4n) is 3.70. The molecule has 0 N–H and O–H groups in total. The van der Waals surface area contributed by atoms with E-state index in [1.807, 2.05) is 0 Å². The van der Waals surface area contributed by atoms with Gasteiger partial charge in [0.15, 0.2) is 0 Å². The Morgan fingerprint density at radius 3 is 2.11 bits per heavy atom. The first kappa shape index (κ1) is 25.3. The molecule has 5 heteroatoms. The van der Waals surface area contributed by atoms with E-state index in [1.165, 1.54) is 18.4 Å². The summed E-state index contributed by atoms with van der Waals surface area (Å²) >= 11 is 0. The summed E-state index contributed by atoms with van der Waals surface area (Å²) in [7, 11) is -3.74. The van der Waals surface area contributed by atoms with Gasteiger partial charge in [-0.3, -0.25) is 0 Å². The number of benzene rings is 1. The van der Waals surface area contributed by atoms with Gasteiger partial charge < -0.3 is 4.74 Å². The molecule has 1 saturated heterocycles. The number of hydrogen-bond donors (Lipinski definition) is 0. The third-order valence-electron chi connectivity index (χ3n) is 5.90. The average molecular weight is 468 g/mol. The van der Waals surface area contributed by atoms with Crippen LogP contribution in [0.5, 0.6) is 5.75 Å². The SMILES string of the molecule is C1CCOC1.Cl.Cl.[CH3][Cr]([CH3])([CH3])([CH3])([CH3])([C]1=CC=CC1)[CH]1C=Cc2ccccc2O1. The molecule has 28 heavy (non-hydrogen) atoms. The van der Waals surface area contributed by atoms with Crippen molar-refractivity contribution < 1.29 is 19.3 Å². The minimum atomic E-state index is -3.74. The third kappa shape index (κ3) is 4.89. The second-order valence-electron chi connectivity index (χ2n) is 11.4. The van der Waals surface area contributed by atoms with Crippen molar-refractivity contribution >= 4 is 30.9 Å². The molecular formula is C23H37Cl2CrO2. The summed E-state index contributed by atoms with van der Waals surface area (Å²) in [6, 6.07) is 8.31. The number of halogens is 2. The molecule has 1 atom stereocenters. The molecule has 1 aromatic rings. The van der Waals surface area contributed by atoms with Crippen LogP contribution in [0.1, 0.15) is 24.8 Å². The van der Waals surface area contributed by atoms with Crippen LogP contribution in [-0.2, 0) is 14.6 Å². The Hall–Kier alpha value is -0.688. The van der Waals surface area contributed by atoms with Crippen molar-refractivity contribution in [2.75, 3.05) is 13.2 Å². The van der Waals surface area contributed by atoms with Gasteiger partial charge in [-0.15, -0.1) is 24.8 Å². The van der Waals surface area contributed by atoms with Gasteiger partial charge in [-0.2, -0.15) is 0 Å². The number of hydrogen-bond acceptors (Lipinski definition) is 2. The van der Waals surface area contributed by atoms with Gasteiger partial charge in [0.1, 0.15) is 0 Å². The van der Waals surface area contributed by atoms with E-state index in [4.69, 9.17) is 9.47 Å². The zero-order valence-electron chi connectivity index (χ0n) is 17.9. The van der Waals surface area contributed by atoms with Crippen molar-refractivity contribution in [3.63, 3.8) is 0 Å². The molecule has 161 valence electrons. The van der Waals surface area contributed by atoms with Crippen LogP contribution >= 0.6 is 24.8 Å². The molecule has 0 bridgehead atoms. The Balaban J connectivity index is 0.000000490. The Morgan fingerprint density at radius 1 is 0.929 bits per heavy atom. The fraction of sp³-hybridized carbons (Fsp3) is 0.478. The Morgan fingerprint density at radius 2 is 1.57 bits per heavy atom. The molecule has 1 unspecified atom stereocenters. The second-order valence-corrected chi connectivity index (χ2v) is 32.9. The maximum absolute atomic E-state index is 6.53. The molecule has 3 aliphatic rings. The van der Waals surface area contributed by atoms with Crippen LogP contribution in [0.2, 0.25) is 28.9 Å². The molecular weight excluding hydrogens is 431 g/mol. The summed E-state index contributed by atoms with van der Waals surface area (Å²) in [5.41, 5.74) is 1.18. The number of fused-ring (bicyclic) bond motifs is 1. The van der Waals surface area contributed by atoms with E-state index < -0.39 is 9.87 Å². The van der Waals surface area contributed by atoms with Gasteiger partial charge in [-0.25, -0.2) is 0 Å². The quantitative estimate of drug-likeness (QED) is 0.439. The van der Waals surface area contributed by atoms with E-state index in [9.17, 15) is 0 Å². The van der Waals surface area contributed by atoms with E-state index >= 15 is 0 Å². The molecule has 2 heterocycles. The summed E-state index contributed by atoms with van der Waals surface area (Å²) in [5.74, 6) is 13.4. The van der Waals surface area contributed by atoms with Crippen LogP contribution in [-0.4, -0.2) is 18.2 Å². The van der Waals surface area contributed by atoms with Gasteiger partial charge in [-0.1, -0.05) is 0 Å². The Labute approximate surface area is 180 Å². The van der Waals surface area contributed by atoms with Crippen molar-refractivity contribution in [3.05, 3.63) is 58.6 Å². The molecule has 0 saturated carbocycles. The van der Waals surface area contributed by atoms with E-state index in [1.54, 1.807) is 4.44 Å². The summed E-state index contributed by atoms with van der Waals surface area (Å²) < 4.78 is 13.0. The minimum absolute atomic E-state index is 0. The molecule has 1 fully saturated rings. The molecule has 2 nitrogen and oxygen atoms in total. The number of ether oxygens (including phenoxy) is 2. The van der Waals surface area contributed by atoms with Crippen LogP contribution in [0.4, 0.5) is 0 Å². The molecule has 4 rings (SSSR count).